The molecule has 5 nitrogen and oxygen atoms in total. The first-order valence-electron chi connectivity index (χ1n) is 9.57. The van der Waals surface area contributed by atoms with E-state index in [2.05, 4.69) is 15.6 Å². The molecule has 1 aliphatic carbocycles. The second kappa shape index (κ2) is 8.57. The van der Waals surface area contributed by atoms with Crippen LogP contribution in [0, 0.1) is 5.92 Å². The van der Waals surface area contributed by atoms with Gasteiger partial charge in [0.25, 0.3) is 0 Å². The molecule has 28 heavy (non-hydrogen) atoms. The second-order valence-corrected chi connectivity index (χ2v) is 6.97. The number of hydrogen-bond donors (Lipinski definition) is 2. The number of nitrogens with one attached hydrogen (secondary N) is 2. The van der Waals surface area contributed by atoms with Crippen LogP contribution in [-0.2, 0) is 11.4 Å². The number of rotatable bonds is 7. The molecular weight excluding hydrogens is 350 g/mol. The summed E-state index contributed by atoms with van der Waals surface area (Å²) in [6.45, 7) is 0.545. The molecule has 0 atom stereocenters. The van der Waals surface area contributed by atoms with E-state index in [0.717, 1.165) is 47.8 Å². The molecule has 0 saturated heterocycles. The monoisotopic (exact) mass is 373 g/mol. The molecule has 1 amide bonds. The van der Waals surface area contributed by atoms with E-state index in [4.69, 9.17) is 4.74 Å². The quantitative estimate of drug-likeness (QED) is 0.602. The van der Waals surface area contributed by atoms with Gasteiger partial charge in [0.2, 0.25) is 5.91 Å². The number of aromatic nitrogens is 1. The summed E-state index contributed by atoms with van der Waals surface area (Å²) in [6, 6.07) is 21.6. The Hall–Kier alpha value is -3.34. The summed E-state index contributed by atoms with van der Waals surface area (Å²) in [5.41, 5.74) is 2.79. The maximum atomic E-state index is 12.0. The predicted molar refractivity (Wildman–Crippen MR) is 111 cm³/mol. The summed E-state index contributed by atoms with van der Waals surface area (Å²) in [6.07, 6.45) is 4.80. The molecule has 142 valence electrons. The van der Waals surface area contributed by atoms with Gasteiger partial charge in [-0.3, -0.25) is 4.79 Å². The Morgan fingerprint density at radius 2 is 1.71 bits per heavy atom. The number of amides is 1. The fraction of sp³-hybridized carbons (Fsp3) is 0.217. The van der Waals surface area contributed by atoms with Crippen molar-refractivity contribution in [1.29, 1.82) is 0 Å². The molecule has 1 aromatic heterocycles. The topological polar surface area (TPSA) is 63.2 Å². The van der Waals surface area contributed by atoms with Crippen LogP contribution in [0.5, 0.6) is 5.75 Å². The molecule has 0 aliphatic heterocycles. The maximum Gasteiger partial charge on any atom is 0.227 e. The van der Waals surface area contributed by atoms with E-state index in [1.165, 1.54) is 0 Å². The largest absolute Gasteiger partial charge is 0.489 e. The maximum absolute atomic E-state index is 12.0. The van der Waals surface area contributed by atoms with E-state index < -0.39 is 0 Å². The Morgan fingerprint density at radius 3 is 2.36 bits per heavy atom. The van der Waals surface area contributed by atoms with Gasteiger partial charge >= 0.3 is 0 Å². The van der Waals surface area contributed by atoms with E-state index in [1.54, 1.807) is 6.20 Å². The molecule has 4 rings (SSSR count). The van der Waals surface area contributed by atoms with Crippen molar-refractivity contribution in [1.82, 2.24) is 4.98 Å². The van der Waals surface area contributed by atoms with Crippen LogP contribution in [0.1, 0.15) is 24.8 Å². The zero-order valence-corrected chi connectivity index (χ0v) is 15.6. The summed E-state index contributed by atoms with van der Waals surface area (Å²) in [7, 11) is 0. The minimum atomic E-state index is 0.0971. The Morgan fingerprint density at radius 1 is 0.964 bits per heavy atom. The van der Waals surface area contributed by atoms with E-state index in [9.17, 15) is 4.79 Å². The van der Waals surface area contributed by atoms with E-state index in [-0.39, 0.29) is 11.8 Å². The van der Waals surface area contributed by atoms with Crippen molar-refractivity contribution in [3.8, 4) is 5.75 Å². The van der Waals surface area contributed by atoms with Crippen molar-refractivity contribution in [2.45, 2.75) is 25.9 Å². The van der Waals surface area contributed by atoms with Crippen LogP contribution in [0.2, 0.25) is 0 Å². The molecule has 1 aliphatic rings. The third-order valence-corrected chi connectivity index (χ3v) is 4.88. The van der Waals surface area contributed by atoms with Gasteiger partial charge in [-0.2, -0.15) is 0 Å². The first kappa shape index (κ1) is 18.0. The van der Waals surface area contributed by atoms with Gasteiger partial charge in [-0.05, 0) is 54.8 Å². The predicted octanol–water partition coefficient (Wildman–Crippen LogP) is 5.14. The summed E-state index contributed by atoms with van der Waals surface area (Å²) < 4.78 is 5.80. The lowest BCUT2D eigenvalue weighted by molar-refractivity contribution is -0.122. The molecule has 0 unspecified atom stereocenters. The molecule has 0 spiro atoms. The SMILES string of the molecule is O=C(Nc1ccc(Nc2ccc(OCc3ccccc3)cc2)nc1)C1CCC1. The number of benzene rings is 2. The standard InChI is InChI=1S/C23H23N3O2/c27-23(18-7-4-8-18)26-20-11-14-22(24-15-20)25-19-9-12-21(13-10-19)28-16-17-5-2-1-3-6-17/h1-3,5-6,9-15,18H,4,7-8,16H2,(H,24,25)(H,26,27). The van der Waals surface area contributed by atoms with Crippen molar-refractivity contribution in [2.24, 2.45) is 5.92 Å². The lowest BCUT2D eigenvalue weighted by Crippen LogP contribution is -2.28. The van der Waals surface area contributed by atoms with Crippen molar-refractivity contribution >= 4 is 23.1 Å². The van der Waals surface area contributed by atoms with Gasteiger partial charge in [0.05, 0.1) is 11.9 Å². The molecule has 1 heterocycles. The van der Waals surface area contributed by atoms with E-state index >= 15 is 0 Å². The van der Waals surface area contributed by atoms with Gasteiger partial charge in [0, 0.05) is 11.6 Å². The third kappa shape index (κ3) is 4.68. The molecule has 2 aromatic carbocycles. The molecule has 0 radical (unpaired) electrons. The highest BCUT2D eigenvalue weighted by Gasteiger charge is 2.25. The van der Waals surface area contributed by atoms with Crippen molar-refractivity contribution in [2.75, 3.05) is 10.6 Å². The highest BCUT2D eigenvalue weighted by molar-refractivity contribution is 5.92. The van der Waals surface area contributed by atoms with E-state index in [0.29, 0.717) is 6.61 Å². The van der Waals surface area contributed by atoms with Gasteiger partial charge in [0.15, 0.2) is 0 Å². The number of pyridine rings is 1. The molecule has 1 fully saturated rings. The lowest BCUT2D eigenvalue weighted by Gasteiger charge is -2.23. The Labute approximate surface area is 164 Å². The zero-order valence-electron chi connectivity index (χ0n) is 15.6. The zero-order chi connectivity index (χ0) is 19.2. The first-order chi connectivity index (χ1) is 13.8. The Kier molecular flexibility index (Phi) is 5.52. The molecule has 2 N–H and O–H groups in total. The smallest absolute Gasteiger partial charge is 0.227 e. The molecule has 0 bridgehead atoms. The highest BCUT2D eigenvalue weighted by atomic mass is 16.5. The van der Waals surface area contributed by atoms with Crippen LogP contribution in [0.3, 0.4) is 0 Å². The number of nitrogens with zero attached hydrogens (tertiary/aromatic N) is 1. The Balaban J connectivity index is 1.29. The van der Waals surface area contributed by atoms with Crippen molar-refractivity contribution in [3.63, 3.8) is 0 Å². The number of carbonyl (C=O) groups excluding carboxylic acids is 1. The van der Waals surface area contributed by atoms with Crippen LogP contribution in [0.4, 0.5) is 17.2 Å². The molecule has 5 heteroatoms. The minimum absolute atomic E-state index is 0.0971. The normalized spacial score (nSPS) is 13.4. The number of anilines is 3. The fourth-order valence-electron chi connectivity index (χ4n) is 2.98. The molecule has 1 saturated carbocycles. The van der Waals surface area contributed by atoms with Crippen molar-refractivity contribution in [3.05, 3.63) is 78.5 Å². The number of hydrogen-bond acceptors (Lipinski definition) is 4. The Bertz CT molecular complexity index is 905. The van der Waals surface area contributed by atoms with Crippen LogP contribution >= 0.6 is 0 Å². The summed E-state index contributed by atoms with van der Waals surface area (Å²) in [5.74, 6) is 1.80. The summed E-state index contributed by atoms with van der Waals surface area (Å²) in [5, 5.41) is 6.18. The van der Waals surface area contributed by atoms with Gasteiger partial charge < -0.3 is 15.4 Å². The van der Waals surface area contributed by atoms with Crippen molar-refractivity contribution < 1.29 is 9.53 Å². The number of ether oxygens (including phenoxy) is 1. The summed E-state index contributed by atoms with van der Waals surface area (Å²) in [4.78, 5) is 16.4. The van der Waals surface area contributed by atoms with Crippen LogP contribution in [0.25, 0.3) is 0 Å². The average molecular weight is 373 g/mol. The second-order valence-electron chi connectivity index (χ2n) is 6.97. The van der Waals surface area contributed by atoms with Crippen LogP contribution in [0.15, 0.2) is 72.9 Å². The lowest BCUT2D eigenvalue weighted by atomic mass is 9.85. The van der Waals surface area contributed by atoms with Gasteiger partial charge in [-0.1, -0.05) is 36.8 Å². The van der Waals surface area contributed by atoms with Gasteiger partial charge in [-0.25, -0.2) is 4.98 Å². The molecular formula is C23H23N3O2. The van der Waals surface area contributed by atoms with Gasteiger partial charge in [-0.15, -0.1) is 0 Å². The summed E-state index contributed by atoms with van der Waals surface area (Å²) >= 11 is 0. The minimum Gasteiger partial charge on any atom is -0.489 e. The van der Waals surface area contributed by atoms with Gasteiger partial charge in [0.1, 0.15) is 18.2 Å². The highest BCUT2D eigenvalue weighted by Crippen LogP contribution is 2.27. The number of carbonyl (C=O) groups is 1. The van der Waals surface area contributed by atoms with Crippen LogP contribution < -0.4 is 15.4 Å². The first-order valence-corrected chi connectivity index (χ1v) is 9.57. The third-order valence-electron chi connectivity index (χ3n) is 4.88. The fourth-order valence-corrected chi connectivity index (χ4v) is 2.98. The average Bonchev–Trinajstić information content (AvgIpc) is 2.68. The molecule has 3 aromatic rings. The van der Waals surface area contributed by atoms with Crippen LogP contribution in [-0.4, -0.2) is 10.9 Å². The van der Waals surface area contributed by atoms with E-state index in [1.807, 2.05) is 66.7 Å².